The molecule has 108 valence electrons. The Kier molecular flexibility index (Phi) is 5.00. The molecule has 6 heteroatoms. The Bertz CT molecular complexity index is 509. The molecule has 0 saturated carbocycles. The highest BCUT2D eigenvalue weighted by atomic mass is 32.2. The standard InChI is InChI=1S/C14H16FNO3S/c15-10-5-1-2-7-12(10)20-9-13(17)16-8-4-3-6-11(16)14(18)19/h1-2,5,7,11H,3-4,6,8-9H2,(H,18,19)/t11-/m1/s1. The number of hydrogen-bond donors (Lipinski definition) is 1. The van der Waals surface area contributed by atoms with Crippen LogP contribution in [0.1, 0.15) is 19.3 Å². The molecule has 0 radical (unpaired) electrons. The Morgan fingerprint density at radius 1 is 1.35 bits per heavy atom. The van der Waals surface area contributed by atoms with Gasteiger partial charge < -0.3 is 10.0 Å². The van der Waals surface area contributed by atoms with Crippen LogP contribution >= 0.6 is 11.8 Å². The molecule has 1 N–H and O–H groups in total. The van der Waals surface area contributed by atoms with E-state index in [9.17, 15) is 14.0 Å². The first kappa shape index (κ1) is 14.8. The summed E-state index contributed by atoms with van der Waals surface area (Å²) in [5.41, 5.74) is 0. The number of benzene rings is 1. The summed E-state index contributed by atoms with van der Waals surface area (Å²) in [6.07, 6.45) is 2.13. The van der Waals surface area contributed by atoms with Crippen LogP contribution in [0.3, 0.4) is 0 Å². The Balaban J connectivity index is 1.97. The lowest BCUT2D eigenvalue weighted by Gasteiger charge is -2.32. The van der Waals surface area contributed by atoms with Crippen molar-refractivity contribution in [3.05, 3.63) is 30.1 Å². The Morgan fingerprint density at radius 2 is 2.10 bits per heavy atom. The second-order valence-electron chi connectivity index (χ2n) is 4.66. The van der Waals surface area contributed by atoms with Gasteiger partial charge in [0.15, 0.2) is 0 Å². The van der Waals surface area contributed by atoms with Crippen molar-refractivity contribution >= 4 is 23.6 Å². The van der Waals surface area contributed by atoms with Crippen molar-refractivity contribution in [2.75, 3.05) is 12.3 Å². The molecule has 1 fully saturated rings. The molecule has 0 bridgehead atoms. The maximum atomic E-state index is 13.4. The van der Waals surface area contributed by atoms with Gasteiger partial charge in [0.1, 0.15) is 11.9 Å². The Hall–Kier alpha value is -1.56. The summed E-state index contributed by atoms with van der Waals surface area (Å²) in [6.45, 7) is 0.466. The predicted molar refractivity (Wildman–Crippen MR) is 74.1 cm³/mol. The number of hydrogen-bond acceptors (Lipinski definition) is 3. The second kappa shape index (κ2) is 6.74. The zero-order valence-corrected chi connectivity index (χ0v) is 11.7. The summed E-state index contributed by atoms with van der Waals surface area (Å²) in [7, 11) is 0. The van der Waals surface area contributed by atoms with Crippen molar-refractivity contribution in [1.82, 2.24) is 4.90 Å². The molecule has 0 unspecified atom stereocenters. The third kappa shape index (κ3) is 3.50. The maximum Gasteiger partial charge on any atom is 0.326 e. The van der Waals surface area contributed by atoms with E-state index in [0.29, 0.717) is 17.9 Å². The Labute approximate surface area is 121 Å². The first-order valence-corrected chi connectivity index (χ1v) is 7.48. The van der Waals surface area contributed by atoms with E-state index in [4.69, 9.17) is 5.11 Å². The molecule has 0 spiro atoms. The average molecular weight is 297 g/mol. The SMILES string of the molecule is O=C(O)[C@H]1CCCCN1C(=O)CSc1ccccc1F. The highest BCUT2D eigenvalue weighted by molar-refractivity contribution is 8.00. The largest absolute Gasteiger partial charge is 0.480 e. The fraction of sp³-hybridized carbons (Fsp3) is 0.429. The van der Waals surface area contributed by atoms with E-state index in [1.165, 1.54) is 11.0 Å². The zero-order valence-electron chi connectivity index (χ0n) is 10.9. The molecule has 1 atom stereocenters. The molecule has 1 amide bonds. The molecule has 1 aliphatic rings. The molecule has 1 aromatic carbocycles. The van der Waals surface area contributed by atoms with E-state index >= 15 is 0 Å². The number of aliphatic carboxylic acids is 1. The van der Waals surface area contributed by atoms with Crippen LogP contribution in [-0.2, 0) is 9.59 Å². The molecule has 4 nitrogen and oxygen atoms in total. The normalized spacial score (nSPS) is 18.9. The zero-order chi connectivity index (χ0) is 14.5. The Morgan fingerprint density at radius 3 is 2.80 bits per heavy atom. The molecule has 0 aromatic heterocycles. The van der Waals surface area contributed by atoms with Crippen LogP contribution in [0.25, 0.3) is 0 Å². The van der Waals surface area contributed by atoms with Crippen molar-refractivity contribution in [3.8, 4) is 0 Å². The molecule has 1 saturated heterocycles. The van der Waals surface area contributed by atoms with E-state index in [2.05, 4.69) is 0 Å². The van der Waals surface area contributed by atoms with Crippen LogP contribution < -0.4 is 0 Å². The van der Waals surface area contributed by atoms with Crippen LogP contribution in [0.5, 0.6) is 0 Å². The van der Waals surface area contributed by atoms with Crippen LogP contribution in [0, 0.1) is 5.82 Å². The van der Waals surface area contributed by atoms with Crippen LogP contribution in [0.4, 0.5) is 4.39 Å². The summed E-state index contributed by atoms with van der Waals surface area (Å²) < 4.78 is 13.4. The summed E-state index contributed by atoms with van der Waals surface area (Å²) in [5, 5.41) is 9.13. The molecule has 1 aliphatic heterocycles. The number of carbonyl (C=O) groups is 2. The summed E-state index contributed by atoms with van der Waals surface area (Å²) in [5.74, 6) is -1.51. The third-order valence-electron chi connectivity index (χ3n) is 3.30. The number of amides is 1. The van der Waals surface area contributed by atoms with Gasteiger partial charge in [-0.15, -0.1) is 11.8 Å². The number of rotatable bonds is 4. The number of piperidine rings is 1. The first-order valence-electron chi connectivity index (χ1n) is 6.49. The minimum atomic E-state index is -0.964. The molecule has 20 heavy (non-hydrogen) atoms. The van der Waals surface area contributed by atoms with Gasteiger partial charge in [0.2, 0.25) is 5.91 Å². The molecule has 2 rings (SSSR count). The third-order valence-corrected chi connectivity index (χ3v) is 4.33. The summed E-state index contributed by atoms with van der Waals surface area (Å²) >= 11 is 1.10. The van der Waals surface area contributed by atoms with Gasteiger partial charge in [0.05, 0.1) is 5.75 Å². The van der Waals surface area contributed by atoms with Gasteiger partial charge in [-0.1, -0.05) is 12.1 Å². The molecule has 1 heterocycles. The van der Waals surface area contributed by atoms with Gasteiger partial charge in [-0.25, -0.2) is 9.18 Å². The average Bonchev–Trinajstić information content (AvgIpc) is 2.46. The summed E-state index contributed by atoms with van der Waals surface area (Å²) in [6, 6.07) is 5.51. The van der Waals surface area contributed by atoms with E-state index in [0.717, 1.165) is 24.6 Å². The molecule has 1 aromatic rings. The van der Waals surface area contributed by atoms with E-state index in [1.807, 2.05) is 0 Å². The van der Waals surface area contributed by atoms with Gasteiger partial charge in [0.25, 0.3) is 0 Å². The van der Waals surface area contributed by atoms with Gasteiger partial charge in [-0.3, -0.25) is 4.79 Å². The highest BCUT2D eigenvalue weighted by Crippen LogP contribution is 2.23. The lowest BCUT2D eigenvalue weighted by atomic mass is 10.0. The summed E-state index contributed by atoms with van der Waals surface area (Å²) in [4.78, 5) is 25.1. The number of likely N-dealkylation sites (tertiary alicyclic amines) is 1. The first-order chi connectivity index (χ1) is 9.59. The van der Waals surface area contributed by atoms with Gasteiger partial charge in [-0.2, -0.15) is 0 Å². The number of halogens is 1. The highest BCUT2D eigenvalue weighted by Gasteiger charge is 2.31. The monoisotopic (exact) mass is 297 g/mol. The molecular weight excluding hydrogens is 281 g/mol. The van der Waals surface area contributed by atoms with E-state index < -0.39 is 12.0 Å². The van der Waals surface area contributed by atoms with Gasteiger partial charge in [0, 0.05) is 11.4 Å². The maximum absolute atomic E-state index is 13.4. The second-order valence-corrected chi connectivity index (χ2v) is 5.67. The smallest absolute Gasteiger partial charge is 0.326 e. The quantitative estimate of drug-likeness (QED) is 0.867. The van der Waals surface area contributed by atoms with Gasteiger partial charge >= 0.3 is 5.97 Å². The van der Waals surface area contributed by atoms with Crippen molar-refractivity contribution < 1.29 is 19.1 Å². The van der Waals surface area contributed by atoms with Crippen molar-refractivity contribution in [2.24, 2.45) is 0 Å². The lowest BCUT2D eigenvalue weighted by Crippen LogP contribution is -2.48. The van der Waals surface area contributed by atoms with Crippen molar-refractivity contribution in [1.29, 1.82) is 0 Å². The molecular formula is C14H16FNO3S. The number of thioether (sulfide) groups is 1. The predicted octanol–water partition coefficient (Wildman–Crippen LogP) is 2.38. The molecule has 0 aliphatic carbocycles. The van der Waals surface area contributed by atoms with Crippen LogP contribution in [0.15, 0.2) is 29.2 Å². The van der Waals surface area contributed by atoms with Crippen LogP contribution in [0.2, 0.25) is 0 Å². The minimum absolute atomic E-state index is 0.0602. The fourth-order valence-corrected chi connectivity index (χ4v) is 3.10. The van der Waals surface area contributed by atoms with E-state index in [-0.39, 0.29) is 17.5 Å². The minimum Gasteiger partial charge on any atom is -0.480 e. The lowest BCUT2D eigenvalue weighted by molar-refractivity contribution is -0.150. The number of carbonyl (C=O) groups excluding carboxylic acids is 1. The van der Waals surface area contributed by atoms with Crippen molar-refractivity contribution in [3.63, 3.8) is 0 Å². The van der Waals surface area contributed by atoms with Crippen molar-refractivity contribution in [2.45, 2.75) is 30.2 Å². The number of carboxylic acids is 1. The number of nitrogens with zero attached hydrogens (tertiary/aromatic N) is 1. The van der Waals surface area contributed by atoms with Gasteiger partial charge in [-0.05, 0) is 31.4 Å². The van der Waals surface area contributed by atoms with E-state index in [1.54, 1.807) is 18.2 Å². The topological polar surface area (TPSA) is 57.6 Å². The number of carboxylic acid groups (broad SMARTS) is 1. The fourth-order valence-electron chi connectivity index (χ4n) is 2.27. The van der Waals surface area contributed by atoms with Crippen LogP contribution in [-0.4, -0.2) is 40.2 Å².